The molecular weight excluding hydrogens is 316 g/mol. The van der Waals surface area contributed by atoms with E-state index in [9.17, 15) is 4.79 Å². The number of piperazine rings is 1. The fourth-order valence-corrected chi connectivity index (χ4v) is 3.44. The molecule has 138 valence electrons. The summed E-state index contributed by atoms with van der Waals surface area (Å²) >= 11 is 0. The van der Waals surface area contributed by atoms with E-state index in [2.05, 4.69) is 45.6 Å². The zero-order valence-electron chi connectivity index (χ0n) is 15.2. The highest BCUT2D eigenvalue weighted by atomic mass is 16.5. The first-order valence-electron chi connectivity index (χ1n) is 9.31. The molecule has 0 unspecified atom stereocenters. The van der Waals surface area contributed by atoms with E-state index in [1.54, 1.807) is 0 Å². The van der Waals surface area contributed by atoms with Crippen molar-refractivity contribution in [3.63, 3.8) is 0 Å². The Morgan fingerprint density at radius 2 is 2.00 bits per heavy atom. The van der Waals surface area contributed by atoms with Gasteiger partial charge in [-0.05, 0) is 18.1 Å². The van der Waals surface area contributed by atoms with Crippen LogP contribution in [0.3, 0.4) is 0 Å². The molecule has 6 nitrogen and oxygen atoms in total. The summed E-state index contributed by atoms with van der Waals surface area (Å²) in [6.45, 7) is 10.6. The van der Waals surface area contributed by atoms with Crippen LogP contribution in [-0.4, -0.2) is 74.2 Å². The van der Waals surface area contributed by atoms with Crippen LogP contribution in [-0.2, 0) is 22.6 Å². The lowest BCUT2D eigenvalue weighted by molar-refractivity contribution is -0.123. The molecule has 2 aliphatic heterocycles. The smallest absolute Gasteiger partial charge is 0.234 e. The first-order chi connectivity index (χ1) is 12.2. The number of amides is 1. The molecule has 3 rings (SSSR count). The quantitative estimate of drug-likeness (QED) is 0.782. The number of rotatable bonds is 6. The number of benzene rings is 1. The second-order valence-corrected chi connectivity index (χ2v) is 6.96. The van der Waals surface area contributed by atoms with Crippen LogP contribution < -0.4 is 10.6 Å². The van der Waals surface area contributed by atoms with E-state index in [-0.39, 0.29) is 5.91 Å². The van der Waals surface area contributed by atoms with Crippen LogP contribution in [0.4, 0.5) is 0 Å². The highest BCUT2D eigenvalue weighted by Gasteiger charge is 2.20. The maximum absolute atomic E-state index is 12.3. The van der Waals surface area contributed by atoms with Crippen molar-refractivity contribution in [1.29, 1.82) is 0 Å². The molecule has 2 saturated heterocycles. The van der Waals surface area contributed by atoms with E-state index < -0.39 is 0 Å². The molecule has 0 saturated carbocycles. The third-order valence-corrected chi connectivity index (χ3v) is 5.08. The van der Waals surface area contributed by atoms with Gasteiger partial charge in [0, 0.05) is 51.9 Å². The second-order valence-electron chi connectivity index (χ2n) is 6.96. The van der Waals surface area contributed by atoms with E-state index >= 15 is 0 Å². The Hall–Kier alpha value is -1.47. The van der Waals surface area contributed by atoms with E-state index in [1.807, 2.05) is 6.07 Å². The minimum atomic E-state index is 0.106. The van der Waals surface area contributed by atoms with Gasteiger partial charge in [0.2, 0.25) is 5.91 Å². The molecule has 0 aliphatic carbocycles. The van der Waals surface area contributed by atoms with Crippen molar-refractivity contribution in [2.45, 2.75) is 26.1 Å². The van der Waals surface area contributed by atoms with Crippen molar-refractivity contribution in [3.05, 3.63) is 35.4 Å². The van der Waals surface area contributed by atoms with Crippen molar-refractivity contribution in [3.8, 4) is 0 Å². The number of hydrogen-bond donors (Lipinski definition) is 2. The van der Waals surface area contributed by atoms with Crippen molar-refractivity contribution in [2.75, 3.05) is 52.5 Å². The summed E-state index contributed by atoms with van der Waals surface area (Å²) in [5, 5.41) is 6.46. The fourth-order valence-electron chi connectivity index (χ4n) is 3.44. The molecule has 1 aromatic carbocycles. The molecule has 25 heavy (non-hydrogen) atoms. The summed E-state index contributed by atoms with van der Waals surface area (Å²) in [6.07, 6.45) is 0. The van der Waals surface area contributed by atoms with Gasteiger partial charge in [-0.1, -0.05) is 24.3 Å². The van der Waals surface area contributed by atoms with Crippen LogP contribution in [0.15, 0.2) is 24.3 Å². The normalized spacial score (nSPS) is 22.7. The van der Waals surface area contributed by atoms with Gasteiger partial charge in [-0.3, -0.25) is 14.6 Å². The molecule has 1 atom stereocenters. The van der Waals surface area contributed by atoms with E-state index in [4.69, 9.17) is 4.74 Å². The Bertz CT molecular complexity index is 560. The zero-order valence-corrected chi connectivity index (χ0v) is 15.2. The van der Waals surface area contributed by atoms with E-state index in [1.165, 1.54) is 11.1 Å². The predicted molar refractivity (Wildman–Crippen MR) is 98.3 cm³/mol. The van der Waals surface area contributed by atoms with Crippen LogP contribution in [0.5, 0.6) is 0 Å². The molecule has 2 heterocycles. The highest BCUT2D eigenvalue weighted by molar-refractivity contribution is 5.78. The first-order valence-corrected chi connectivity index (χ1v) is 9.31. The molecule has 2 N–H and O–H groups in total. The van der Waals surface area contributed by atoms with Gasteiger partial charge >= 0.3 is 0 Å². The van der Waals surface area contributed by atoms with E-state index in [0.717, 1.165) is 52.5 Å². The minimum Gasteiger partial charge on any atom is -0.379 e. The summed E-state index contributed by atoms with van der Waals surface area (Å²) in [7, 11) is 0. The highest BCUT2D eigenvalue weighted by Crippen LogP contribution is 2.13. The third-order valence-electron chi connectivity index (χ3n) is 5.08. The molecule has 0 aromatic heterocycles. The van der Waals surface area contributed by atoms with Crippen molar-refractivity contribution in [2.24, 2.45) is 0 Å². The number of ether oxygens (including phenoxy) is 1. The third kappa shape index (κ3) is 5.51. The Kier molecular flexibility index (Phi) is 6.81. The van der Waals surface area contributed by atoms with Crippen LogP contribution in [0.25, 0.3) is 0 Å². The van der Waals surface area contributed by atoms with Crippen molar-refractivity contribution < 1.29 is 9.53 Å². The molecule has 0 bridgehead atoms. The van der Waals surface area contributed by atoms with Gasteiger partial charge in [0.1, 0.15) is 0 Å². The molecule has 1 amide bonds. The summed E-state index contributed by atoms with van der Waals surface area (Å²) in [6, 6.07) is 8.80. The van der Waals surface area contributed by atoms with Gasteiger partial charge in [0.05, 0.1) is 19.8 Å². The van der Waals surface area contributed by atoms with E-state index in [0.29, 0.717) is 19.1 Å². The number of hydrogen-bond acceptors (Lipinski definition) is 5. The lowest BCUT2D eigenvalue weighted by atomic mass is 10.1. The van der Waals surface area contributed by atoms with Gasteiger partial charge < -0.3 is 15.4 Å². The molecule has 6 heteroatoms. The molecule has 2 aliphatic rings. The number of morpholine rings is 1. The lowest BCUT2D eigenvalue weighted by Gasteiger charge is -2.33. The Labute approximate surface area is 150 Å². The zero-order chi connectivity index (χ0) is 17.5. The van der Waals surface area contributed by atoms with Crippen molar-refractivity contribution >= 4 is 5.91 Å². The topological polar surface area (TPSA) is 56.8 Å². The van der Waals surface area contributed by atoms with Gasteiger partial charge in [-0.15, -0.1) is 0 Å². The Balaban J connectivity index is 1.51. The molecule has 0 spiro atoms. The van der Waals surface area contributed by atoms with Crippen LogP contribution in [0.1, 0.15) is 18.1 Å². The predicted octanol–water partition coefficient (Wildman–Crippen LogP) is 0.429. The minimum absolute atomic E-state index is 0.106. The van der Waals surface area contributed by atoms with Crippen LogP contribution in [0.2, 0.25) is 0 Å². The maximum atomic E-state index is 12.3. The number of carbonyl (C=O) groups excluding carboxylic acids is 1. The molecular formula is C19H30N4O2. The second kappa shape index (κ2) is 9.29. The van der Waals surface area contributed by atoms with Gasteiger partial charge in [-0.25, -0.2) is 0 Å². The largest absolute Gasteiger partial charge is 0.379 e. The summed E-state index contributed by atoms with van der Waals surface area (Å²) in [5.74, 6) is 0.106. The number of carbonyl (C=O) groups is 1. The number of nitrogens with one attached hydrogen (secondary N) is 2. The molecule has 0 radical (unpaired) electrons. The van der Waals surface area contributed by atoms with Crippen LogP contribution in [0, 0.1) is 0 Å². The first kappa shape index (κ1) is 18.3. The van der Waals surface area contributed by atoms with Gasteiger partial charge in [0.25, 0.3) is 0 Å². The molecule has 2 fully saturated rings. The van der Waals surface area contributed by atoms with Gasteiger partial charge in [0.15, 0.2) is 0 Å². The average molecular weight is 346 g/mol. The summed E-state index contributed by atoms with van der Waals surface area (Å²) < 4.78 is 5.42. The lowest BCUT2D eigenvalue weighted by Crippen LogP contribution is -2.52. The Morgan fingerprint density at radius 1 is 1.24 bits per heavy atom. The van der Waals surface area contributed by atoms with Crippen LogP contribution >= 0.6 is 0 Å². The molecule has 1 aromatic rings. The van der Waals surface area contributed by atoms with Crippen molar-refractivity contribution in [1.82, 2.24) is 20.4 Å². The number of nitrogens with zero attached hydrogens (tertiary/aromatic N) is 2. The summed E-state index contributed by atoms with van der Waals surface area (Å²) in [5.41, 5.74) is 2.50. The maximum Gasteiger partial charge on any atom is 0.234 e. The monoisotopic (exact) mass is 346 g/mol. The van der Waals surface area contributed by atoms with Gasteiger partial charge in [-0.2, -0.15) is 0 Å². The Morgan fingerprint density at radius 3 is 2.76 bits per heavy atom. The summed E-state index contributed by atoms with van der Waals surface area (Å²) in [4.78, 5) is 17.0. The fraction of sp³-hybridized carbons (Fsp3) is 0.632. The standard InChI is InChI=1S/C19H30N4O2/c1-16-12-20-6-7-23(16)15-19(24)21-13-17-4-2-3-5-18(17)14-22-8-10-25-11-9-22/h2-5,16,20H,6-15H2,1H3,(H,21,24)/t16-/m1/s1. The average Bonchev–Trinajstić information content (AvgIpc) is 2.64. The SMILES string of the molecule is C[C@@H]1CNCCN1CC(=O)NCc1ccccc1CN1CCOCC1.